The molecule has 0 bridgehead atoms. The molecule has 0 fully saturated rings. The van der Waals surface area contributed by atoms with E-state index >= 15 is 0 Å². The summed E-state index contributed by atoms with van der Waals surface area (Å²) in [6.07, 6.45) is 6.64. The lowest BCUT2D eigenvalue weighted by molar-refractivity contribution is -0.149. The van der Waals surface area contributed by atoms with Gasteiger partial charge in [-0.2, -0.15) is 0 Å². The molecule has 0 saturated heterocycles. The molecule has 0 aliphatic heterocycles. The van der Waals surface area contributed by atoms with E-state index in [0.29, 0.717) is 5.57 Å². The topological polar surface area (TPSA) is 39.4 Å². The molecule has 0 aromatic carbocycles. The van der Waals surface area contributed by atoms with Crippen LogP contribution in [0.15, 0.2) is 34.5 Å². The van der Waals surface area contributed by atoms with Crippen LogP contribution in [0.4, 0.5) is 0 Å². The number of carbonyl (C=O) groups excluding carboxylic acids is 1. The number of rotatable bonds is 2. The van der Waals surface area contributed by atoms with Crippen LogP contribution in [-0.4, -0.2) is 12.1 Å². The molecule has 1 heterocycles. The van der Waals surface area contributed by atoms with Crippen molar-refractivity contribution < 1.29 is 13.9 Å². The maximum Gasteiger partial charge on any atom is 0.333 e. The number of esters is 1. The third kappa shape index (κ3) is 2.23. The minimum atomic E-state index is -0.284. The second-order valence-corrected chi connectivity index (χ2v) is 7.07. The van der Waals surface area contributed by atoms with Gasteiger partial charge < -0.3 is 9.15 Å². The van der Waals surface area contributed by atoms with Crippen molar-refractivity contribution in [2.75, 3.05) is 0 Å². The fourth-order valence-corrected chi connectivity index (χ4v) is 3.78. The van der Waals surface area contributed by atoms with Crippen molar-refractivity contribution in [3.05, 3.63) is 47.0 Å². The van der Waals surface area contributed by atoms with Gasteiger partial charge in [0.2, 0.25) is 0 Å². The van der Waals surface area contributed by atoms with E-state index in [9.17, 15) is 4.79 Å². The summed E-state index contributed by atoms with van der Waals surface area (Å²) in [7, 11) is 0. The van der Waals surface area contributed by atoms with Gasteiger partial charge in [-0.15, -0.1) is 0 Å². The highest BCUT2D eigenvalue weighted by molar-refractivity contribution is 5.87. The smallest absolute Gasteiger partial charge is 0.333 e. The monoisotopic (exact) mass is 300 g/mol. The molecule has 3 nitrogen and oxygen atoms in total. The maximum absolute atomic E-state index is 11.9. The molecule has 3 rings (SSSR count). The molecule has 0 N–H and O–H groups in total. The largest absolute Gasteiger partial charge is 0.468 e. The van der Waals surface area contributed by atoms with Gasteiger partial charge in [0.05, 0.1) is 6.26 Å². The zero-order chi connectivity index (χ0) is 16.1. The van der Waals surface area contributed by atoms with Gasteiger partial charge in [-0.05, 0) is 36.8 Å². The van der Waals surface area contributed by atoms with Gasteiger partial charge >= 0.3 is 5.97 Å². The third-order valence-corrected chi connectivity index (χ3v) is 5.59. The summed E-state index contributed by atoms with van der Waals surface area (Å²) in [5.41, 5.74) is 4.47. The average molecular weight is 300 g/mol. The van der Waals surface area contributed by atoms with Crippen molar-refractivity contribution in [1.29, 1.82) is 0 Å². The van der Waals surface area contributed by atoms with Crippen LogP contribution in [0, 0.1) is 18.3 Å². The average Bonchev–Trinajstić information content (AvgIpc) is 2.81. The normalized spacial score (nSPS) is 30.1. The zero-order valence-electron chi connectivity index (χ0n) is 13.9. The van der Waals surface area contributed by atoms with Crippen LogP contribution in [0.2, 0.25) is 0 Å². The van der Waals surface area contributed by atoms with Crippen LogP contribution in [0.3, 0.4) is 0 Å². The third-order valence-electron chi connectivity index (χ3n) is 5.59. The van der Waals surface area contributed by atoms with Crippen molar-refractivity contribution in [2.45, 2.75) is 53.1 Å². The summed E-state index contributed by atoms with van der Waals surface area (Å²) in [6, 6.07) is 0. The summed E-state index contributed by atoms with van der Waals surface area (Å²) in [4.78, 5) is 11.9. The van der Waals surface area contributed by atoms with E-state index in [4.69, 9.17) is 9.15 Å². The highest BCUT2D eigenvalue weighted by atomic mass is 16.5. The van der Waals surface area contributed by atoms with E-state index in [1.54, 1.807) is 6.92 Å². The lowest BCUT2D eigenvalue weighted by Crippen LogP contribution is -2.44. The summed E-state index contributed by atoms with van der Waals surface area (Å²) < 4.78 is 11.4. The lowest BCUT2D eigenvalue weighted by Gasteiger charge is -2.47. The van der Waals surface area contributed by atoms with Crippen LogP contribution in [0.1, 0.15) is 44.1 Å². The molecule has 118 valence electrons. The molecule has 0 saturated carbocycles. The quantitative estimate of drug-likeness (QED) is 0.468. The van der Waals surface area contributed by atoms with Crippen LogP contribution >= 0.6 is 0 Å². The van der Waals surface area contributed by atoms with Gasteiger partial charge in [0, 0.05) is 24.3 Å². The van der Waals surface area contributed by atoms with Gasteiger partial charge in [-0.25, -0.2) is 4.79 Å². The first-order valence-electron chi connectivity index (χ1n) is 7.94. The van der Waals surface area contributed by atoms with Gasteiger partial charge in [0.15, 0.2) is 0 Å². The fourth-order valence-electron chi connectivity index (χ4n) is 3.78. The second kappa shape index (κ2) is 5.15. The molecule has 1 aromatic rings. The second-order valence-electron chi connectivity index (χ2n) is 7.07. The van der Waals surface area contributed by atoms with E-state index in [1.165, 1.54) is 16.7 Å². The summed E-state index contributed by atoms with van der Waals surface area (Å²) in [6.45, 7) is 12.0. The van der Waals surface area contributed by atoms with Crippen molar-refractivity contribution >= 4 is 5.97 Å². The Morgan fingerprint density at radius 3 is 2.91 bits per heavy atom. The number of allylic oxidation sites excluding steroid dienone is 1. The van der Waals surface area contributed by atoms with Gasteiger partial charge in [-0.1, -0.05) is 32.1 Å². The minimum absolute atomic E-state index is 0.0277. The number of carbonyl (C=O) groups is 1. The van der Waals surface area contributed by atoms with Crippen LogP contribution in [0.5, 0.6) is 0 Å². The molecule has 1 aromatic heterocycles. The molecular weight excluding hydrogens is 276 g/mol. The van der Waals surface area contributed by atoms with Gasteiger partial charge in [-0.3, -0.25) is 0 Å². The van der Waals surface area contributed by atoms with Crippen molar-refractivity contribution in [2.24, 2.45) is 11.3 Å². The first-order chi connectivity index (χ1) is 10.3. The van der Waals surface area contributed by atoms with Crippen LogP contribution in [-0.2, 0) is 22.4 Å². The van der Waals surface area contributed by atoms with Crippen molar-refractivity contribution in [1.82, 2.24) is 0 Å². The number of hydrogen-bond donors (Lipinski definition) is 0. The first-order valence-corrected chi connectivity index (χ1v) is 7.94. The molecule has 2 aliphatic carbocycles. The Morgan fingerprint density at radius 1 is 1.50 bits per heavy atom. The number of fused-ring (bicyclic) bond motifs is 2. The van der Waals surface area contributed by atoms with E-state index in [-0.39, 0.29) is 23.4 Å². The maximum atomic E-state index is 11.9. The molecule has 0 spiro atoms. The van der Waals surface area contributed by atoms with Crippen LogP contribution < -0.4 is 0 Å². The van der Waals surface area contributed by atoms with E-state index < -0.39 is 0 Å². The highest BCUT2D eigenvalue weighted by Crippen LogP contribution is 2.50. The Hall–Kier alpha value is -1.77. The summed E-state index contributed by atoms with van der Waals surface area (Å²) >= 11 is 0. The SMILES string of the molecule is C=C(C)C(=O)O[C@H]1CC=C2Cc3occ(C)c3C[C@]2(C)[C@H]1C. The predicted octanol–water partition coefficient (Wildman–Crippen LogP) is 4.15. The minimum Gasteiger partial charge on any atom is -0.468 e. The number of ether oxygens (including phenoxy) is 1. The van der Waals surface area contributed by atoms with Gasteiger partial charge in [0.25, 0.3) is 0 Å². The summed E-state index contributed by atoms with van der Waals surface area (Å²) in [5, 5.41) is 0. The molecule has 0 radical (unpaired) electrons. The number of aryl methyl sites for hydroxylation is 1. The van der Waals surface area contributed by atoms with Gasteiger partial charge in [0.1, 0.15) is 11.9 Å². The molecule has 2 aliphatic rings. The fraction of sp³-hybridized carbons (Fsp3) is 0.526. The van der Waals surface area contributed by atoms with E-state index in [0.717, 1.165) is 25.0 Å². The molecular formula is C19H24O3. The molecule has 0 amide bonds. The van der Waals surface area contributed by atoms with Crippen LogP contribution in [0.25, 0.3) is 0 Å². The molecule has 0 unspecified atom stereocenters. The summed E-state index contributed by atoms with van der Waals surface area (Å²) in [5.74, 6) is 1.09. The first kappa shape index (κ1) is 15.1. The van der Waals surface area contributed by atoms with Crippen molar-refractivity contribution in [3.63, 3.8) is 0 Å². The highest BCUT2D eigenvalue weighted by Gasteiger charge is 2.46. The van der Waals surface area contributed by atoms with E-state index in [2.05, 4.69) is 33.4 Å². The zero-order valence-corrected chi connectivity index (χ0v) is 13.9. The molecule has 22 heavy (non-hydrogen) atoms. The van der Waals surface area contributed by atoms with E-state index in [1.807, 2.05) is 6.26 Å². The van der Waals surface area contributed by atoms with Crippen molar-refractivity contribution in [3.8, 4) is 0 Å². The Bertz CT molecular complexity index is 664. The Labute approximate surface area is 132 Å². The Balaban J connectivity index is 1.89. The number of hydrogen-bond acceptors (Lipinski definition) is 3. The predicted molar refractivity (Wildman–Crippen MR) is 85.5 cm³/mol. The lowest BCUT2D eigenvalue weighted by atomic mass is 9.59. The Kier molecular flexibility index (Phi) is 3.54. The standard InChI is InChI=1S/C19H24O3/c1-11(2)18(20)22-16-7-6-14-8-17-15(12(3)10-21-17)9-19(14,5)13(16)4/h6,10,13,16H,1,7-9H2,2-5H3/t13-,16-,19+/m0/s1. The number of furan rings is 1. The molecule has 3 atom stereocenters. The Morgan fingerprint density at radius 2 is 2.23 bits per heavy atom. The molecule has 3 heteroatoms.